The predicted molar refractivity (Wildman–Crippen MR) is 110 cm³/mol. The summed E-state index contributed by atoms with van der Waals surface area (Å²) in [6, 6.07) is -2.40. The fourth-order valence-electron chi connectivity index (χ4n) is 3.86. The number of aliphatic hydroxyl groups excluding tert-OH is 5. The number of hydrogen-bond acceptors (Lipinski definition) is 11. The number of carbonyl (C=O) groups is 2. The van der Waals surface area contributed by atoms with Crippen molar-refractivity contribution in [2.75, 3.05) is 13.2 Å². The van der Waals surface area contributed by atoms with Crippen LogP contribution in [0, 0.1) is 0 Å². The number of nitrogens with one attached hydrogen (secondary N) is 2. The molecule has 0 spiro atoms. The molecule has 2 rings (SSSR count). The van der Waals surface area contributed by atoms with Gasteiger partial charge in [0.25, 0.3) is 0 Å². The van der Waals surface area contributed by atoms with E-state index >= 15 is 0 Å². The monoisotopic (exact) mass is 478 g/mol. The van der Waals surface area contributed by atoms with Gasteiger partial charge in [-0.05, 0) is 6.92 Å². The molecule has 2 saturated heterocycles. The van der Waals surface area contributed by atoms with Crippen molar-refractivity contribution in [3.63, 3.8) is 0 Å². The third-order valence-electron chi connectivity index (χ3n) is 5.38. The van der Waals surface area contributed by atoms with Crippen LogP contribution in [0.15, 0.2) is 12.7 Å². The highest BCUT2D eigenvalue weighted by Gasteiger charge is 2.52. The van der Waals surface area contributed by atoms with Gasteiger partial charge in [-0.15, -0.1) is 6.58 Å². The SMILES string of the molecule is C=CCO[C@@H]1O[C@H]([C@H](C)O)[C@@H](O[C@@H]2O[C@H](CO)[C@@H](O)[C@H](O)[C@H]2NC(C)=O)[C@H](O)[C@H]1NC(C)=O. The maximum absolute atomic E-state index is 11.7. The predicted octanol–water partition coefficient (Wildman–Crippen LogP) is -3.51. The number of amides is 2. The molecule has 13 nitrogen and oxygen atoms in total. The first kappa shape index (κ1) is 27.6. The maximum atomic E-state index is 11.7. The average Bonchev–Trinajstić information content (AvgIpc) is 2.74. The molecule has 33 heavy (non-hydrogen) atoms. The fraction of sp³-hybridized carbons (Fsp3) is 0.800. The summed E-state index contributed by atoms with van der Waals surface area (Å²) in [5, 5.41) is 56.4. The Morgan fingerprint density at radius 2 is 1.61 bits per heavy atom. The average molecular weight is 478 g/mol. The number of hydrogen-bond donors (Lipinski definition) is 7. The number of aliphatic hydroxyl groups is 5. The highest BCUT2D eigenvalue weighted by Crippen LogP contribution is 2.31. The molecular formula is C20H34N2O11. The van der Waals surface area contributed by atoms with Gasteiger partial charge in [-0.25, -0.2) is 0 Å². The van der Waals surface area contributed by atoms with Gasteiger partial charge in [0.1, 0.15) is 48.7 Å². The fourth-order valence-corrected chi connectivity index (χ4v) is 3.86. The molecule has 7 N–H and O–H groups in total. The van der Waals surface area contributed by atoms with E-state index in [9.17, 15) is 35.1 Å². The summed E-state index contributed by atoms with van der Waals surface area (Å²) in [5.74, 6) is -1.06. The maximum Gasteiger partial charge on any atom is 0.217 e. The van der Waals surface area contributed by atoms with Crippen molar-refractivity contribution < 1.29 is 54.1 Å². The third-order valence-corrected chi connectivity index (χ3v) is 5.38. The molecule has 0 saturated carbocycles. The van der Waals surface area contributed by atoms with E-state index in [1.807, 2.05) is 0 Å². The Morgan fingerprint density at radius 1 is 1.03 bits per heavy atom. The summed E-state index contributed by atoms with van der Waals surface area (Å²) in [7, 11) is 0. The van der Waals surface area contributed by atoms with Crippen molar-refractivity contribution >= 4 is 11.8 Å². The van der Waals surface area contributed by atoms with E-state index < -0.39 is 85.8 Å². The first-order valence-corrected chi connectivity index (χ1v) is 10.6. The van der Waals surface area contributed by atoms with Crippen LogP contribution in [0.4, 0.5) is 0 Å². The largest absolute Gasteiger partial charge is 0.394 e. The van der Waals surface area contributed by atoms with Gasteiger partial charge < -0.3 is 55.1 Å². The van der Waals surface area contributed by atoms with Crippen LogP contribution in [0.5, 0.6) is 0 Å². The van der Waals surface area contributed by atoms with E-state index in [4.69, 9.17) is 18.9 Å². The lowest BCUT2D eigenvalue weighted by Gasteiger charge is -2.48. The van der Waals surface area contributed by atoms with Gasteiger partial charge in [0.15, 0.2) is 12.6 Å². The second kappa shape index (κ2) is 12.1. The molecule has 0 aliphatic carbocycles. The minimum absolute atomic E-state index is 0.0319. The molecule has 0 aromatic carbocycles. The minimum atomic E-state index is -1.58. The standard InChI is InChI=1S/C20H34N2O11/c1-5-6-30-19-13(22-10(4)26)16(29)18(17(32-19)8(2)24)33-20-12(21-9(3)25)15(28)14(27)11(7-23)31-20/h5,8,11-20,23-24,27-29H,1,6-7H2,2-4H3,(H,21,25)(H,22,26)/t8-,11+,12+,13+,14+,15+,16+,17+,18-,19+,20-/m0/s1. The Kier molecular flexibility index (Phi) is 10.1. The summed E-state index contributed by atoms with van der Waals surface area (Å²) >= 11 is 0. The van der Waals surface area contributed by atoms with Crippen molar-refractivity contribution in [2.45, 2.75) is 88.2 Å². The molecule has 2 aliphatic heterocycles. The highest BCUT2D eigenvalue weighted by atomic mass is 16.7. The molecule has 2 amide bonds. The Labute approximate surface area is 191 Å². The van der Waals surface area contributed by atoms with E-state index in [0.717, 1.165) is 0 Å². The lowest BCUT2D eigenvalue weighted by Crippen LogP contribution is -2.70. The molecule has 0 bridgehead atoms. The first-order chi connectivity index (χ1) is 15.5. The van der Waals surface area contributed by atoms with Gasteiger partial charge in [0.2, 0.25) is 11.8 Å². The summed E-state index contributed by atoms with van der Waals surface area (Å²) < 4.78 is 22.7. The molecule has 13 heteroatoms. The van der Waals surface area contributed by atoms with Crippen LogP contribution in [0.2, 0.25) is 0 Å². The Hall–Kier alpha value is -1.68. The molecule has 11 atom stereocenters. The summed E-state index contributed by atoms with van der Waals surface area (Å²) in [5.41, 5.74) is 0. The molecular weight excluding hydrogens is 444 g/mol. The zero-order valence-corrected chi connectivity index (χ0v) is 18.7. The van der Waals surface area contributed by atoms with Crippen LogP contribution < -0.4 is 10.6 Å². The van der Waals surface area contributed by atoms with Crippen LogP contribution in [0.3, 0.4) is 0 Å². The van der Waals surface area contributed by atoms with Gasteiger partial charge >= 0.3 is 0 Å². The summed E-state index contributed by atoms with van der Waals surface area (Å²) in [6.07, 6.45) is -10.7. The lowest BCUT2D eigenvalue weighted by atomic mass is 9.92. The summed E-state index contributed by atoms with van der Waals surface area (Å²) in [6.45, 7) is 6.70. The lowest BCUT2D eigenvalue weighted by molar-refractivity contribution is -0.336. The molecule has 0 aromatic rings. The van der Waals surface area contributed by atoms with Gasteiger partial charge in [0.05, 0.1) is 19.3 Å². The highest BCUT2D eigenvalue weighted by molar-refractivity contribution is 5.73. The number of rotatable bonds is 9. The van der Waals surface area contributed by atoms with E-state index in [2.05, 4.69) is 17.2 Å². The number of carbonyl (C=O) groups excluding carboxylic acids is 2. The molecule has 2 fully saturated rings. The molecule has 0 radical (unpaired) electrons. The van der Waals surface area contributed by atoms with Crippen LogP contribution in [-0.4, -0.2) is 118 Å². The molecule has 2 aliphatic rings. The van der Waals surface area contributed by atoms with E-state index in [0.29, 0.717) is 0 Å². The topological polar surface area (TPSA) is 196 Å². The Bertz CT molecular complexity index is 678. The smallest absolute Gasteiger partial charge is 0.217 e. The van der Waals surface area contributed by atoms with Crippen LogP contribution >= 0.6 is 0 Å². The van der Waals surface area contributed by atoms with Crippen molar-refractivity contribution in [1.82, 2.24) is 10.6 Å². The van der Waals surface area contributed by atoms with Gasteiger partial charge in [0, 0.05) is 13.8 Å². The normalized spacial score (nSPS) is 40.0. The Morgan fingerprint density at radius 3 is 2.09 bits per heavy atom. The molecule has 2 heterocycles. The second-order valence-electron chi connectivity index (χ2n) is 8.08. The van der Waals surface area contributed by atoms with Gasteiger partial charge in [-0.3, -0.25) is 9.59 Å². The van der Waals surface area contributed by atoms with Crippen molar-refractivity contribution in [2.24, 2.45) is 0 Å². The minimum Gasteiger partial charge on any atom is -0.394 e. The number of ether oxygens (including phenoxy) is 4. The molecule has 0 aromatic heterocycles. The van der Waals surface area contributed by atoms with E-state index in [1.165, 1.54) is 26.8 Å². The third kappa shape index (κ3) is 6.68. The van der Waals surface area contributed by atoms with Crippen molar-refractivity contribution in [3.8, 4) is 0 Å². The van der Waals surface area contributed by atoms with Crippen LogP contribution in [-0.2, 0) is 28.5 Å². The van der Waals surface area contributed by atoms with E-state index in [1.54, 1.807) is 0 Å². The molecule has 0 unspecified atom stereocenters. The van der Waals surface area contributed by atoms with Crippen molar-refractivity contribution in [3.05, 3.63) is 12.7 Å². The van der Waals surface area contributed by atoms with Gasteiger partial charge in [-0.2, -0.15) is 0 Å². The Balaban J connectivity index is 2.35. The van der Waals surface area contributed by atoms with Crippen LogP contribution in [0.1, 0.15) is 20.8 Å². The molecule has 190 valence electrons. The quantitative estimate of drug-likeness (QED) is 0.162. The van der Waals surface area contributed by atoms with Gasteiger partial charge in [-0.1, -0.05) is 6.08 Å². The summed E-state index contributed by atoms with van der Waals surface area (Å²) in [4.78, 5) is 23.4. The van der Waals surface area contributed by atoms with Crippen LogP contribution in [0.25, 0.3) is 0 Å². The van der Waals surface area contributed by atoms with E-state index in [-0.39, 0.29) is 6.61 Å². The zero-order chi connectivity index (χ0) is 24.9. The zero-order valence-electron chi connectivity index (χ0n) is 18.7. The second-order valence-corrected chi connectivity index (χ2v) is 8.08. The van der Waals surface area contributed by atoms with Crippen molar-refractivity contribution in [1.29, 1.82) is 0 Å². The first-order valence-electron chi connectivity index (χ1n) is 10.6.